The molecule has 8 heteroatoms. The quantitative estimate of drug-likeness (QED) is 0.755. The summed E-state index contributed by atoms with van der Waals surface area (Å²) < 4.78 is 10.7. The average molecular weight is 343 g/mol. The molecule has 0 spiro atoms. The van der Waals surface area contributed by atoms with Crippen LogP contribution in [0, 0.1) is 0 Å². The molecular weight excluding hydrogens is 322 g/mol. The Kier molecular flexibility index (Phi) is 3.98. The zero-order valence-corrected chi connectivity index (χ0v) is 14.9. The number of hydrogen-bond acceptors (Lipinski definition) is 6. The zero-order chi connectivity index (χ0) is 18.2. The second-order valence-electron chi connectivity index (χ2n) is 7.27. The standard InChI is InChI=1S/C17H21N5O3/c1-16(2,3)24-15(23)21-17(4,5)14-20-13(25-22-14)11-7-9-19-12-10(11)6-8-18-12/h6-9H,1-5H3,(H,18,19)(H,21,23). The van der Waals surface area contributed by atoms with Crippen LogP contribution in [0.4, 0.5) is 4.79 Å². The fourth-order valence-electron chi connectivity index (χ4n) is 2.35. The summed E-state index contributed by atoms with van der Waals surface area (Å²) in [6, 6.07) is 3.70. The molecule has 0 radical (unpaired) electrons. The molecule has 25 heavy (non-hydrogen) atoms. The molecule has 132 valence electrons. The molecule has 0 unspecified atom stereocenters. The van der Waals surface area contributed by atoms with Crippen molar-refractivity contribution in [3.63, 3.8) is 0 Å². The number of hydrogen-bond donors (Lipinski definition) is 2. The Morgan fingerprint density at radius 3 is 2.72 bits per heavy atom. The second-order valence-corrected chi connectivity index (χ2v) is 7.27. The molecule has 3 rings (SSSR count). The van der Waals surface area contributed by atoms with E-state index in [9.17, 15) is 4.79 Å². The minimum atomic E-state index is -0.853. The molecule has 0 saturated heterocycles. The van der Waals surface area contributed by atoms with E-state index in [0.717, 1.165) is 16.6 Å². The van der Waals surface area contributed by atoms with Gasteiger partial charge >= 0.3 is 6.09 Å². The Labute approximate surface area is 145 Å². The van der Waals surface area contributed by atoms with Gasteiger partial charge in [-0.05, 0) is 46.8 Å². The van der Waals surface area contributed by atoms with E-state index in [-0.39, 0.29) is 0 Å². The number of ether oxygens (including phenoxy) is 1. The lowest BCUT2D eigenvalue weighted by molar-refractivity contribution is 0.0465. The molecule has 8 nitrogen and oxygen atoms in total. The lowest BCUT2D eigenvalue weighted by Crippen LogP contribution is -2.44. The van der Waals surface area contributed by atoms with E-state index in [1.165, 1.54) is 0 Å². The molecule has 0 saturated carbocycles. The Morgan fingerprint density at radius 2 is 2.00 bits per heavy atom. The predicted octanol–water partition coefficient (Wildman–Crippen LogP) is 3.37. The van der Waals surface area contributed by atoms with Crippen molar-refractivity contribution in [3.8, 4) is 11.5 Å². The van der Waals surface area contributed by atoms with E-state index in [1.54, 1.807) is 47.0 Å². The summed E-state index contributed by atoms with van der Waals surface area (Å²) in [6.45, 7) is 8.97. The van der Waals surface area contributed by atoms with Crippen LogP contribution in [0.2, 0.25) is 0 Å². The highest BCUT2D eigenvalue weighted by Crippen LogP contribution is 2.27. The summed E-state index contributed by atoms with van der Waals surface area (Å²) in [4.78, 5) is 23.8. The van der Waals surface area contributed by atoms with Crippen LogP contribution in [0.15, 0.2) is 29.0 Å². The topological polar surface area (TPSA) is 106 Å². The van der Waals surface area contributed by atoms with Crippen LogP contribution in [0.3, 0.4) is 0 Å². The number of aromatic nitrogens is 4. The molecule has 2 N–H and O–H groups in total. The van der Waals surface area contributed by atoms with Gasteiger partial charge in [-0.1, -0.05) is 5.16 Å². The number of rotatable bonds is 3. The van der Waals surface area contributed by atoms with Gasteiger partial charge in [-0.15, -0.1) is 0 Å². The summed E-state index contributed by atoms with van der Waals surface area (Å²) in [5.74, 6) is 0.718. The number of carbonyl (C=O) groups excluding carboxylic acids is 1. The third-order valence-electron chi connectivity index (χ3n) is 3.49. The summed E-state index contributed by atoms with van der Waals surface area (Å²) in [5, 5.41) is 7.66. The molecule has 0 aliphatic carbocycles. The van der Waals surface area contributed by atoms with Gasteiger partial charge < -0.3 is 19.6 Å². The van der Waals surface area contributed by atoms with Crippen molar-refractivity contribution in [2.24, 2.45) is 0 Å². The van der Waals surface area contributed by atoms with Gasteiger partial charge in [-0.3, -0.25) is 0 Å². The Morgan fingerprint density at radius 1 is 1.24 bits per heavy atom. The van der Waals surface area contributed by atoms with Crippen molar-refractivity contribution in [2.75, 3.05) is 0 Å². The summed E-state index contributed by atoms with van der Waals surface area (Å²) in [6.07, 6.45) is 2.93. The third-order valence-corrected chi connectivity index (χ3v) is 3.49. The van der Waals surface area contributed by atoms with Gasteiger partial charge in [0.2, 0.25) is 0 Å². The molecular formula is C17H21N5O3. The second kappa shape index (κ2) is 5.87. The molecule has 0 atom stereocenters. The van der Waals surface area contributed by atoms with E-state index in [2.05, 4.69) is 25.4 Å². The van der Waals surface area contributed by atoms with Crippen molar-refractivity contribution >= 4 is 17.1 Å². The highest BCUT2D eigenvalue weighted by Gasteiger charge is 2.31. The normalized spacial score (nSPS) is 12.4. The smallest absolute Gasteiger partial charge is 0.408 e. The highest BCUT2D eigenvalue weighted by atomic mass is 16.6. The van der Waals surface area contributed by atoms with Crippen LogP contribution in [0.5, 0.6) is 0 Å². The number of aromatic amines is 1. The highest BCUT2D eigenvalue weighted by molar-refractivity contribution is 5.90. The summed E-state index contributed by atoms with van der Waals surface area (Å²) in [7, 11) is 0. The predicted molar refractivity (Wildman–Crippen MR) is 91.8 cm³/mol. The van der Waals surface area contributed by atoms with Crippen molar-refractivity contribution in [1.29, 1.82) is 0 Å². The SMILES string of the molecule is CC(C)(C)OC(=O)NC(C)(C)c1noc(-c2ccnc3[nH]ccc23)n1. The maximum Gasteiger partial charge on any atom is 0.408 e. The number of pyridine rings is 1. The Bertz CT molecular complexity index is 904. The van der Waals surface area contributed by atoms with Gasteiger partial charge in [0.25, 0.3) is 5.89 Å². The molecule has 0 fully saturated rings. The lowest BCUT2D eigenvalue weighted by Gasteiger charge is -2.26. The fraction of sp³-hybridized carbons (Fsp3) is 0.412. The van der Waals surface area contributed by atoms with Crippen molar-refractivity contribution in [2.45, 2.75) is 45.8 Å². The van der Waals surface area contributed by atoms with Crippen LogP contribution in [0.25, 0.3) is 22.5 Å². The van der Waals surface area contributed by atoms with Gasteiger partial charge in [0.05, 0.1) is 5.56 Å². The molecule has 0 aliphatic heterocycles. The number of nitrogens with one attached hydrogen (secondary N) is 2. The van der Waals surface area contributed by atoms with Crippen LogP contribution in [-0.2, 0) is 10.3 Å². The number of carbonyl (C=O) groups is 1. The van der Waals surface area contributed by atoms with Crippen LogP contribution in [0.1, 0.15) is 40.4 Å². The Hall–Kier alpha value is -2.90. The number of fused-ring (bicyclic) bond motifs is 1. The molecule has 3 aromatic rings. The van der Waals surface area contributed by atoms with E-state index in [0.29, 0.717) is 11.7 Å². The van der Waals surface area contributed by atoms with Crippen LogP contribution >= 0.6 is 0 Å². The van der Waals surface area contributed by atoms with Crippen LogP contribution in [-0.4, -0.2) is 31.8 Å². The van der Waals surface area contributed by atoms with Crippen molar-refractivity contribution in [3.05, 3.63) is 30.4 Å². The number of alkyl carbamates (subject to hydrolysis) is 1. The van der Waals surface area contributed by atoms with Gasteiger partial charge in [0.15, 0.2) is 5.82 Å². The minimum absolute atomic E-state index is 0.355. The van der Waals surface area contributed by atoms with Gasteiger partial charge in [-0.25, -0.2) is 9.78 Å². The van der Waals surface area contributed by atoms with E-state index in [1.807, 2.05) is 12.1 Å². The zero-order valence-electron chi connectivity index (χ0n) is 14.9. The molecule has 3 aromatic heterocycles. The monoisotopic (exact) mass is 343 g/mol. The molecule has 0 bridgehead atoms. The lowest BCUT2D eigenvalue weighted by atomic mass is 10.1. The maximum atomic E-state index is 12.0. The first-order valence-corrected chi connectivity index (χ1v) is 7.93. The first-order chi connectivity index (χ1) is 11.7. The van der Waals surface area contributed by atoms with Crippen molar-refractivity contribution < 1.29 is 14.1 Å². The maximum absolute atomic E-state index is 12.0. The average Bonchev–Trinajstić information content (AvgIpc) is 3.13. The fourth-order valence-corrected chi connectivity index (χ4v) is 2.35. The van der Waals surface area contributed by atoms with E-state index >= 15 is 0 Å². The van der Waals surface area contributed by atoms with Gasteiger partial charge in [0.1, 0.15) is 16.8 Å². The first-order valence-electron chi connectivity index (χ1n) is 7.93. The van der Waals surface area contributed by atoms with E-state index < -0.39 is 17.2 Å². The number of H-pyrrole nitrogens is 1. The molecule has 0 aromatic carbocycles. The number of nitrogens with zero attached hydrogens (tertiary/aromatic N) is 3. The molecule has 1 amide bonds. The third kappa shape index (κ3) is 3.62. The first kappa shape index (κ1) is 16.9. The minimum Gasteiger partial charge on any atom is -0.444 e. The summed E-state index contributed by atoms with van der Waals surface area (Å²) in [5.41, 5.74) is 0.0786. The van der Waals surface area contributed by atoms with Crippen molar-refractivity contribution in [1.82, 2.24) is 25.4 Å². The molecule has 0 aliphatic rings. The summed E-state index contributed by atoms with van der Waals surface area (Å²) >= 11 is 0. The Balaban J connectivity index is 1.85. The van der Waals surface area contributed by atoms with Crippen LogP contribution < -0.4 is 5.32 Å². The van der Waals surface area contributed by atoms with E-state index in [4.69, 9.17) is 9.26 Å². The molecule has 3 heterocycles. The largest absolute Gasteiger partial charge is 0.444 e. The van der Waals surface area contributed by atoms with Gasteiger partial charge in [-0.2, -0.15) is 4.98 Å². The van der Waals surface area contributed by atoms with Gasteiger partial charge in [0, 0.05) is 17.8 Å². The number of amides is 1.